The normalized spacial score (nSPS) is 19.9. The Balaban J connectivity index is 1.49. The topological polar surface area (TPSA) is 53.9 Å². The van der Waals surface area contributed by atoms with Crippen molar-refractivity contribution in [3.05, 3.63) is 82.0 Å². The second-order valence-electron chi connectivity index (χ2n) is 7.25. The Labute approximate surface area is 173 Å². The van der Waals surface area contributed by atoms with Crippen molar-refractivity contribution in [1.29, 1.82) is 0 Å². The summed E-state index contributed by atoms with van der Waals surface area (Å²) in [6.07, 6.45) is 2.00. The molecule has 0 radical (unpaired) electrons. The van der Waals surface area contributed by atoms with E-state index in [-0.39, 0.29) is 18.0 Å². The number of anilines is 1. The molecule has 0 fully saturated rings. The van der Waals surface area contributed by atoms with Crippen molar-refractivity contribution in [2.45, 2.75) is 18.9 Å². The number of rotatable bonds is 3. The van der Waals surface area contributed by atoms with Crippen LogP contribution in [0.5, 0.6) is 5.75 Å². The van der Waals surface area contributed by atoms with Gasteiger partial charge in [0.15, 0.2) is 0 Å². The summed E-state index contributed by atoms with van der Waals surface area (Å²) in [5, 5.41) is 11.5. The second-order valence-corrected chi connectivity index (χ2v) is 8.23. The Kier molecular flexibility index (Phi) is 4.56. The molecule has 2 amide bonds. The maximum Gasteiger partial charge on any atom is 0.342 e. The van der Waals surface area contributed by atoms with Gasteiger partial charge in [0.25, 0.3) is 0 Å². The lowest BCUT2D eigenvalue weighted by Gasteiger charge is -2.28. The molecule has 0 saturated carbocycles. The third-order valence-electron chi connectivity index (χ3n) is 5.61. The van der Waals surface area contributed by atoms with Crippen LogP contribution >= 0.6 is 11.3 Å². The van der Waals surface area contributed by atoms with E-state index in [2.05, 4.69) is 35.0 Å². The van der Waals surface area contributed by atoms with Gasteiger partial charge in [-0.1, -0.05) is 30.3 Å². The Morgan fingerprint density at radius 3 is 2.72 bits per heavy atom. The molecule has 2 heterocycles. The Morgan fingerprint density at radius 1 is 1.14 bits per heavy atom. The number of hydrogen-bond acceptors (Lipinski definition) is 4. The molecule has 2 unspecified atom stereocenters. The van der Waals surface area contributed by atoms with Crippen molar-refractivity contribution < 1.29 is 9.53 Å². The molecule has 2 aromatic carbocycles. The molecule has 1 N–H and O–H groups in total. The molecule has 5 rings (SSSR count). The standard InChI is InChI=1S/C23H21N3O2S/c1-28-17-11-9-16(10-12-17)24-23(27)26-22(20-7-4-14-29-20)19-13-8-15-5-2-3-6-18(15)21(19)25-26/h2-7,9-12,14,19,22H,8,13H2,1H3,(H,24,27). The van der Waals surface area contributed by atoms with Gasteiger partial charge >= 0.3 is 6.03 Å². The van der Waals surface area contributed by atoms with Crippen LogP contribution < -0.4 is 10.1 Å². The van der Waals surface area contributed by atoms with E-state index >= 15 is 0 Å². The summed E-state index contributed by atoms with van der Waals surface area (Å²) in [6.45, 7) is 0. The predicted molar refractivity (Wildman–Crippen MR) is 116 cm³/mol. The summed E-state index contributed by atoms with van der Waals surface area (Å²) in [4.78, 5) is 14.4. The van der Waals surface area contributed by atoms with Crippen LogP contribution in [-0.2, 0) is 6.42 Å². The van der Waals surface area contributed by atoms with Crippen LogP contribution in [0.25, 0.3) is 0 Å². The molecule has 0 saturated heterocycles. The van der Waals surface area contributed by atoms with Crippen molar-refractivity contribution >= 4 is 28.8 Å². The molecule has 29 heavy (non-hydrogen) atoms. The summed E-state index contributed by atoms with van der Waals surface area (Å²) >= 11 is 1.68. The predicted octanol–water partition coefficient (Wildman–Crippen LogP) is 5.31. The number of nitrogens with zero attached hydrogens (tertiary/aromatic N) is 2. The third-order valence-corrected chi connectivity index (χ3v) is 6.56. The van der Waals surface area contributed by atoms with Crippen LogP contribution in [0.1, 0.15) is 28.5 Å². The van der Waals surface area contributed by atoms with Crippen molar-refractivity contribution in [2.24, 2.45) is 11.0 Å². The van der Waals surface area contributed by atoms with E-state index < -0.39 is 0 Å². The monoisotopic (exact) mass is 403 g/mol. The molecule has 1 aromatic heterocycles. The lowest BCUT2D eigenvalue weighted by molar-refractivity contribution is 0.189. The molecule has 1 aliphatic carbocycles. The van der Waals surface area contributed by atoms with Crippen molar-refractivity contribution in [2.75, 3.05) is 12.4 Å². The molecule has 6 heteroatoms. The van der Waals surface area contributed by atoms with Gasteiger partial charge in [-0.2, -0.15) is 5.10 Å². The third kappa shape index (κ3) is 3.19. The Hall–Kier alpha value is -3.12. The minimum atomic E-state index is -0.215. The SMILES string of the molecule is COc1ccc(NC(=O)N2N=C3c4ccccc4CCC3C2c2cccs2)cc1. The van der Waals surface area contributed by atoms with Crippen LogP contribution in [0, 0.1) is 5.92 Å². The lowest BCUT2D eigenvalue weighted by atomic mass is 9.79. The van der Waals surface area contributed by atoms with Gasteiger partial charge in [0.2, 0.25) is 0 Å². The van der Waals surface area contributed by atoms with Gasteiger partial charge in [-0.3, -0.25) is 0 Å². The zero-order valence-corrected chi connectivity index (χ0v) is 16.9. The summed E-state index contributed by atoms with van der Waals surface area (Å²) in [5.74, 6) is 0.966. The molecule has 2 atom stereocenters. The fraction of sp³-hybridized carbons (Fsp3) is 0.217. The first-order chi connectivity index (χ1) is 14.2. The number of ether oxygens (including phenoxy) is 1. The van der Waals surface area contributed by atoms with Crippen molar-refractivity contribution in [3.63, 3.8) is 0 Å². The van der Waals surface area contributed by atoms with E-state index in [1.165, 1.54) is 11.1 Å². The molecular formula is C23H21N3O2S. The number of hydrazone groups is 1. The molecule has 2 aliphatic rings. The molecule has 3 aromatic rings. The van der Waals surface area contributed by atoms with E-state index in [0.29, 0.717) is 0 Å². The highest BCUT2D eigenvalue weighted by Crippen LogP contribution is 2.44. The molecular weight excluding hydrogens is 382 g/mol. The fourth-order valence-corrected chi connectivity index (χ4v) is 5.10. The van der Waals surface area contributed by atoms with E-state index in [1.54, 1.807) is 23.5 Å². The number of thiophene rings is 1. The van der Waals surface area contributed by atoms with Crippen molar-refractivity contribution in [3.8, 4) is 5.75 Å². The zero-order chi connectivity index (χ0) is 19.8. The van der Waals surface area contributed by atoms with E-state index in [1.807, 2.05) is 36.4 Å². The number of hydrogen-bond donors (Lipinski definition) is 1. The summed E-state index contributed by atoms with van der Waals surface area (Å²) in [6, 6.07) is 19.6. The maximum absolute atomic E-state index is 13.2. The first-order valence-electron chi connectivity index (χ1n) is 9.69. The summed E-state index contributed by atoms with van der Waals surface area (Å²) in [5.41, 5.74) is 4.22. The van der Waals surface area contributed by atoms with Gasteiger partial charge in [0, 0.05) is 22.0 Å². The number of amides is 2. The Bertz CT molecular complexity index is 1060. The molecule has 0 spiro atoms. The number of urea groups is 1. The zero-order valence-electron chi connectivity index (χ0n) is 16.0. The van der Waals surface area contributed by atoms with Crippen molar-refractivity contribution in [1.82, 2.24) is 5.01 Å². The van der Waals surface area contributed by atoms with Crippen LogP contribution in [0.4, 0.5) is 10.5 Å². The highest BCUT2D eigenvalue weighted by atomic mass is 32.1. The van der Waals surface area contributed by atoms with Gasteiger partial charge in [-0.05, 0) is 54.1 Å². The van der Waals surface area contributed by atoms with E-state index in [0.717, 1.165) is 34.9 Å². The summed E-state index contributed by atoms with van der Waals surface area (Å²) < 4.78 is 5.19. The number of fused-ring (bicyclic) bond motifs is 3. The fourth-order valence-electron chi connectivity index (χ4n) is 4.23. The smallest absolute Gasteiger partial charge is 0.342 e. The minimum absolute atomic E-state index is 0.0726. The second kappa shape index (κ2) is 7.37. The van der Waals surface area contributed by atoms with Gasteiger partial charge < -0.3 is 10.1 Å². The van der Waals surface area contributed by atoms with E-state index in [4.69, 9.17) is 9.84 Å². The number of methoxy groups -OCH3 is 1. The number of benzene rings is 2. The van der Waals surface area contributed by atoms with E-state index in [9.17, 15) is 4.79 Å². The van der Waals surface area contributed by atoms with Gasteiger partial charge in [0.05, 0.1) is 18.9 Å². The Morgan fingerprint density at radius 2 is 1.97 bits per heavy atom. The average molecular weight is 404 g/mol. The first kappa shape index (κ1) is 17.9. The molecule has 1 aliphatic heterocycles. The van der Waals surface area contributed by atoms with Crippen LogP contribution in [0.2, 0.25) is 0 Å². The minimum Gasteiger partial charge on any atom is -0.497 e. The molecule has 5 nitrogen and oxygen atoms in total. The quantitative estimate of drug-likeness (QED) is 0.644. The van der Waals surface area contributed by atoms with Crippen LogP contribution in [0.15, 0.2) is 71.1 Å². The first-order valence-corrected chi connectivity index (χ1v) is 10.6. The number of carbonyl (C=O) groups is 1. The maximum atomic E-state index is 13.2. The lowest BCUT2D eigenvalue weighted by Crippen LogP contribution is -2.34. The van der Waals surface area contributed by atoms with Gasteiger partial charge in [0.1, 0.15) is 5.75 Å². The summed E-state index contributed by atoms with van der Waals surface area (Å²) in [7, 11) is 1.62. The highest BCUT2D eigenvalue weighted by molar-refractivity contribution is 7.10. The molecule has 0 bridgehead atoms. The van der Waals surface area contributed by atoms with Gasteiger partial charge in [-0.15, -0.1) is 11.3 Å². The number of nitrogens with one attached hydrogen (secondary N) is 1. The van der Waals surface area contributed by atoms with Crippen LogP contribution in [0.3, 0.4) is 0 Å². The molecule has 146 valence electrons. The number of aryl methyl sites for hydroxylation is 1. The largest absolute Gasteiger partial charge is 0.497 e. The number of carbonyl (C=O) groups excluding carboxylic acids is 1. The van der Waals surface area contributed by atoms with Crippen LogP contribution in [-0.4, -0.2) is 23.9 Å². The average Bonchev–Trinajstić information content (AvgIpc) is 3.41. The highest BCUT2D eigenvalue weighted by Gasteiger charge is 2.44. The van der Waals surface area contributed by atoms with Gasteiger partial charge in [-0.25, -0.2) is 9.80 Å².